The molecule has 3 aromatic rings. The van der Waals surface area contributed by atoms with E-state index in [9.17, 15) is 0 Å². The van der Waals surface area contributed by atoms with Gasteiger partial charge >= 0.3 is 0 Å². The number of nitrogens with zero attached hydrogens (tertiary/aromatic N) is 1. The van der Waals surface area contributed by atoms with Gasteiger partial charge in [-0.1, -0.05) is 33.2 Å². The van der Waals surface area contributed by atoms with Gasteiger partial charge in [0.1, 0.15) is 5.75 Å². The number of hydrogen-bond acceptors (Lipinski definition) is 4. The predicted molar refractivity (Wildman–Crippen MR) is 78.1 cm³/mol. The largest absolute Gasteiger partial charge is 0.496 e. The van der Waals surface area contributed by atoms with Crippen molar-refractivity contribution in [3.8, 4) is 17.1 Å². The number of hydrogen-bond donors (Lipinski definition) is 1. The molecular formula is C14H11BrN2O2. The summed E-state index contributed by atoms with van der Waals surface area (Å²) in [5.41, 5.74) is 6.48. The Labute approximate surface area is 118 Å². The van der Waals surface area contributed by atoms with Gasteiger partial charge < -0.3 is 15.0 Å². The third-order valence-electron chi connectivity index (χ3n) is 2.94. The van der Waals surface area contributed by atoms with Crippen molar-refractivity contribution in [2.45, 2.75) is 0 Å². The lowest BCUT2D eigenvalue weighted by molar-refractivity contribution is 0.408. The van der Waals surface area contributed by atoms with E-state index in [1.54, 1.807) is 13.2 Å². The third kappa shape index (κ3) is 2.06. The quantitative estimate of drug-likeness (QED) is 0.779. The first-order valence-electron chi connectivity index (χ1n) is 5.68. The van der Waals surface area contributed by atoms with Crippen LogP contribution in [0.2, 0.25) is 0 Å². The highest BCUT2D eigenvalue weighted by Crippen LogP contribution is 2.38. The number of methoxy groups -OCH3 is 1. The number of aromatic nitrogens is 1. The third-order valence-corrected chi connectivity index (χ3v) is 3.43. The number of ether oxygens (including phenoxy) is 1. The van der Waals surface area contributed by atoms with Crippen LogP contribution in [0.3, 0.4) is 0 Å². The number of nitrogens with two attached hydrogens (primary N) is 1. The van der Waals surface area contributed by atoms with Crippen LogP contribution in [-0.4, -0.2) is 12.3 Å². The van der Waals surface area contributed by atoms with Crippen LogP contribution in [0.25, 0.3) is 22.1 Å². The second-order valence-corrected chi connectivity index (χ2v) is 5.04. The van der Waals surface area contributed by atoms with Gasteiger partial charge in [-0.15, -0.1) is 0 Å². The normalized spacial score (nSPS) is 10.8. The Balaban J connectivity index is 2.36. The minimum Gasteiger partial charge on any atom is -0.496 e. The summed E-state index contributed by atoms with van der Waals surface area (Å²) < 4.78 is 11.7. The molecule has 0 bridgehead atoms. The molecule has 0 spiro atoms. The molecule has 0 saturated carbocycles. The molecule has 2 aromatic carbocycles. The van der Waals surface area contributed by atoms with Crippen LogP contribution in [0.1, 0.15) is 0 Å². The summed E-state index contributed by atoms with van der Waals surface area (Å²) in [7, 11) is 1.63. The molecule has 0 aliphatic rings. The van der Waals surface area contributed by atoms with Gasteiger partial charge in [-0.25, -0.2) is 0 Å². The van der Waals surface area contributed by atoms with Crippen molar-refractivity contribution in [3.63, 3.8) is 0 Å². The lowest BCUT2D eigenvalue weighted by Gasteiger charge is -2.09. The van der Waals surface area contributed by atoms with E-state index in [1.165, 1.54) is 0 Å². The summed E-state index contributed by atoms with van der Waals surface area (Å²) in [5, 5.41) is 5.84. The van der Waals surface area contributed by atoms with Crippen LogP contribution in [0.4, 0.5) is 5.82 Å². The Hall–Kier alpha value is -2.01. The zero-order valence-corrected chi connectivity index (χ0v) is 11.8. The molecule has 2 N–H and O–H groups in total. The highest BCUT2D eigenvalue weighted by atomic mass is 79.9. The van der Waals surface area contributed by atoms with Gasteiger partial charge in [0.25, 0.3) is 0 Å². The smallest absolute Gasteiger partial charge is 0.173 e. The Bertz CT molecular complexity index is 752. The van der Waals surface area contributed by atoms with E-state index in [2.05, 4.69) is 21.1 Å². The molecule has 4 nitrogen and oxygen atoms in total. The molecule has 0 radical (unpaired) electrons. The Morgan fingerprint density at radius 3 is 2.74 bits per heavy atom. The molecule has 0 saturated heterocycles. The molecule has 0 aliphatic carbocycles. The molecule has 3 rings (SSSR count). The molecule has 0 amide bonds. The first kappa shape index (κ1) is 12.0. The number of benzene rings is 2. The van der Waals surface area contributed by atoms with Crippen molar-refractivity contribution < 1.29 is 9.26 Å². The maximum Gasteiger partial charge on any atom is 0.173 e. The molecule has 19 heavy (non-hydrogen) atoms. The first-order valence-corrected chi connectivity index (χ1v) is 6.47. The number of halogens is 1. The van der Waals surface area contributed by atoms with Crippen LogP contribution < -0.4 is 10.5 Å². The minimum atomic E-state index is 0.353. The van der Waals surface area contributed by atoms with Gasteiger partial charge in [-0.2, -0.15) is 0 Å². The second kappa shape index (κ2) is 4.59. The number of fused-ring (bicyclic) bond motifs is 1. The molecule has 0 fully saturated rings. The average molecular weight is 319 g/mol. The van der Waals surface area contributed by atoms with Gasteiger partial charge in [0, 0.05) is 10.5 Å². The molecule has 1 aromatic heterocycles. The van der Waals surface area contributed by atoms with Gasteiger partial charge in [0.2, 0.25) is 0 Å². The number of anilines is 1. The van der Waals surface area contributed by atoms with Crippen molar-refractivity contribution in [1.29, 1.82) is 0 Å². The molecule has 0 unspecified atom stereocenters. The summed E-state index contributed by atoms with van der Waals surface area (Å²) in [6.07, 6.45) is 0. The fourth-order valence-electron chi connectivity index (χ4n) is 2.11. The van der Waals surface area contributed by atoms with Crippen molar-refractivity contribution >= 4 is 32.5 Å². The maximum absolute atomic E-state index is 5.62. The molecular weight excluding hydrogens is 308 g/mol. The zero-order chi connectivity index (χ0) is 13.4. The van der Waals surface area contributed by atoms with Gasteiger partial charge in [-0.05, 0) is 29.0 Å². The van der Waals surface area contributed by atoms with E-state index in [0.29, 0.717) is 11.6 Å². The fraction of sp³-hybridized carbons (Fsp3) is 0.0714. The Morgan fingerprint density at radius 2 is 2.05 bits per heavy atom. The van der Waals surface area contributed by atoms with Crippen molar-refractivity contribution in [2.24, 2.45) is 0 Å². The minimum absolute atomic E-state index is 0.353. The monoisotopic (exact) mass is 318 g/mol. The van der Waals surface area contributed by atoms with Gasteiger partial charge in [0.15, 0.2) is 11.6 Å². The summed E-state index contributed by atoms with van der Waals surface area (Å²) >= 11 is 3.47. The van der Waals surface area contributed by atoms with Crippen LogP contribution in [0.5, 0.6) is 5.75 Å². The standard InChI is InChI=1S/C14H11BrN2O2/c1-18-11-5-2-8-6-9(15)3-4-10(8)14(11)12-7-13(16)17-19-12/h2-7H,1H3,(H2,16,17). The molecule has 5 heteroatoms. The molecule has 0 aliphatic heterocycles. The van der Waals surface area contributed by atoms with Crippen molar-refractivity contribution in [3.05, 3.63) is 40.9 Å². The summed E-state index contributed by atoms with van der Waals surface area (Å²) in [6.45, 7) is 0. The van der Waals surface area contributed by atoms with Crippen molar-refractivity contribution in [1.82, 2.24) is 5.16 Å². The second-order valence-electron chi connectivity index (χ2n) is 4.12. The van der Waals surface area contributed by atoms with E-state index < -0.39 is 0 Å². The van der Waals surface area contributed by atoms with Gasteiger partial charge in [0.05, 0.1) is 12.7 Å². The number of rotatable bonds is 2. The van der Waals surface area contributed by atoms with E-state index in [0.717, 1.165) is 26.6 Å². The predicted octanol–water partition coefficient (Wildman–Crippen LogP) is 3.85. The summed E-state index contributed by atoms with van der Waals surface area (Å²) in [4.78, 5) is 0. The van der Waals surface area contributed by atoms with Crippen LogP contribution in [-0.2, 0) is 0 Å². The zero-order valence-electron chi connectivity index (χ0n) is 10.2. The maximum atomic E-state index is 5.62. The summed E-state index contributed by atoms with van der Waals surface area (Å²) in [5.74, 6) is 1.68. The fourth-order valence-corrected chi connectivity index (χ4v) is 2.49. The highest BCUT2D eigenvalue weighted by Gasteiger charge is 2.15. The van der Waals surface area contributed by atoms with Crippen molar-refractivity contribution in [2.75, 3.05) is 12.8 Å². The van der Waals surface area contributed by atoms with E-state index in [1.807, 2.05) is 30.3 Å². The molecule has 0 atom stereocenters. The van der Waals surface area contributed by atoms with Crippen LogP contribution in [0.15, 0.2) is 45.4 Å². The lowest BCUT2D eigenvalue weighted by atomic mass is 10.0. The van der Waals surface area contributed by atoms with Gasteiger partial charge in [-0.3, -0.25) is 0 Å². The molecule has 96 valence electrons. The number of nitrogen functional groups attached to an aromatic ring is 1. The topological polar surface area (TPSA) is 61.3 Å². The SMILES string of the molecule is COc1ccc2cc(Br)ccc2c1-c1cc(N)no1. The van der Waals surface area contributed by atoms with Crippen LogP contribution in [0, 0.1) is 0 Å². The summed E-state index contributed by atoms with van der Waals surface area (Å²) in [6, 6.07) is 11.6. The Kier molecular flexibility index (Phi) is 2.91. The van der Waals surface area contributed by atoms with Crippen LogP contribution >= 0.6 is 15.9 Å². The first-order chi connectivity index (χ1) is 9.19. The highest BCUT2D eigenvalue weighted by molar-refractivity contribution is 9.10. The molecule has 1 heterocycles. The van der Waals surface area contributed by atoms with E-state index in [-0.39, 0.29) is 0 Å². The average Bonchev–Trinajstić information content (AvgIpc) is 2.83. The van der Waals surface area contributed by atoms with E-state index in [4.69, 9.17) is 15.0 Å². The lowest BCUT2D eigenvalue weighted by Crippen LogP contribution is -1.89. The van der Waals surface area contributed by atoms with E-state index >= 15 is 0 Å². The Morgan fingerprint density at radius 1 is 1.21 bits per heavy atom.